The second-order valence-electron chi connectivity index (χ2n) is 6.39. The van der Waals surface area contributed by atoms with Gasteiger partial charge in [0, 0.05) is 43.4 Å². The third kappa shape index (κ3) is 4.57. The van der Waals surface area contributed by atoms with Crippen molar-refractivity contribution in [1.82, 2.24) is 9.97 Å². The Morgan fingerprint density at radius 3 is 2.63 bits per heavy atom. The summed E-state index contributed by atoms with van der Waals surface area (Å²) >= 11 is 6.08. The Bertz CT molecular complexity index is 795. The molecule has 0 atom stereocenters. The maximum Gasteiger partial charge on any atom is 0.353 e. The average Bonchev–Trinajstić information content (AvgIpc) is 2.68. The van der Waals surface area contributed by atoms with E-state index in [4.69, 9.17) is 11.6 Å². The van der Waals surface area contributed by atoms with Gasteiger partial charge in [0.1, 0.15) is 6.33 Å². The molecule has 1 aromatic carbocycles. The standard InChI is InChI=1S/C18H23ClN6O2/c1-2-3-7-20-17-16(25(26)27)18(22-13-21-17)24-10-8-23(9-11-24)15-6-4-5-14(19)12-15/h4-6,12-13H,2-3,7-11H2,1H3,(H,20,21,22). The average molecular weight is 391 g/mol. The van der Waals surface area contributed by atoms with E-state index in [0.717, 1.165) is 31.6 Å². The highest BCUT2D eigenvalue weighted by molar-refractivity contribution is 6.30. The van der Waals surface area contributed by atoms with Crippen LogP contribution < -0.4 is 15.1 Å². The van der Waals surface area contributed by atoms with Gasteiger partial charge in [0.25, 0.3) is 0 Å². The summed E-state index contributed by atoms with van der Waals surface area (Å²) in [5.74, 6) is 0.662. The van der Waals surface area contributed by atoms with E-state index >= 15 is 0 Å². The fourth-order valence-electron chi connectivity index (χ4n) is 3.13. The summed E-state index contributed by atoms with van der Waals surface area (Å²) in [5.41, 5.74) is 1.01. The van der Waals surface area contributed by atoms with Crippen molar-refractivity contribution in [2.75, 3.05) is 47.8 Å². The molecule has 8 nitrogen and oxygen atoms in total. The van der Waals surface area contributed by atoms with Crippen LogP contribution in [0.3, 0.4) is 0 Å². The van der Waals surface area contributed by atoms with Gasteiger partial charge in [0.05, 0.1) is 4.92 Å². The van der Waals surface area contributed by atoms with E-state index in [9.17, 15) is 10.1 Å². The van der Waals surface area contributed by atoms with E-state index in [0.29, 0.717) is 30.5 Å². The molecule has 0 radical (unpaired) electrons. The van der Waals surface area contributed by atoms with Gasteiger partial charge in [-0.25, -0.2) is 9.97 Å². The Morgan fingerprint density at radius 1 is 1.22 bits per heavy atom. The summed E-state index contributed by atoms with van der Waals surface area (Å²) in [6.45, 7) is 5.47. The summed E-state index contributed by atoms with van der Waals surface area (Å²) in [7, 11) is 0. The molecule has 1 saturated heterocycles. The molecule has 0 unspecified atom stereocenters. The van der Waals surface area contributed by atoms with Crippen molar-refractivity contribution in [2.45, 2.75) is 19.8 Å². The lowest BCUT2D eigenvalue weighted by Gasteiger charge is -2.36. The summed E-state index contributed by atoms with van der Waals surface area (Å²) < 4.78 is 0. The number of aromatic nitrogens is 2. The highest BCUT2D eigenvalue weighted by Gasteiger charge is 2.29. The van der Waals surface area contributed by atoms with Crippen LogP contribution in [-0.2, 0) is 0 Å². The van der Waals surface area contributed by atoms with E-state index in [2.05, 4.69) is 27.1 Å². The van der Waals surface area contributed by atoms with Crippen molar-refractivity contribution in [3.63, 3.8) is 0 Å². The minimum Gasteiger partial charge on any atom is -0.368 e. The van der Waals surface area contributed by atoms with Crippen LogP contribution in [-0.4, -0.2) is 47.6 Å². The predicted octanol–water partition coefficient (Wildman–Crippen LogP) is 3.58. The molecule has 144 valence electrons. The van der Waals surface area contributed by atoms with Gasteiger partial charge in [-0.3, -0.25) is 10.1 Å². The summed E-state index contributed by atoms with van der Waals surface area (Å²) in [6, 6.07) is 7.72. The molecular weight excluding hydrogens is 368 g/mol. The normalized spacial score (nSPS) is 14.3. The number of nitrogens with one attached hydrogen (secondary N) is 1. The fourth-order valence-corrected chi connectivity index (χ4v) is 3.32. The van der Waals surface area contributed by atoms with Crippen LogP contribution in [0, 0.1) is 10.1 Å². The van der Waals surface area contributed by atoms with Crippen molar-refractivity contribution < 1.29 is 4.92 Å². The lowest BCUT2D eigenvalue weighted by Crippen LogP contribution is -2.47. The number of halogens is 1. The first-order valence-corrected chi connectivity index (χ1v) is 9.46. The molecule has 1 fully saturated rings. The number of hydrogen-bond acceptors (Lipinski definition) is 7. The zero-order chi connectivity index (χ0) is 19.2. The van der Waals surface area contributed by atoms with Crippen LogP contribution in [0.1, 0.15) is 19.8 Å². The molecule has 1 aromatic heterocycles. The van der Waals surface area contributed by atoms with E-state index < -0.39 is 4.92 Å². The first-order valence-electron chi connectivity index (χ1n) is 9.09. The third-order valence-electron chi connectivity index (χ3n) is 4.56. The zero-order valence-corrected chi connectivity index (χ0v) is 16.0. The van der Waals surface area contributed by atoms with Crippen LogP contribution >= 0.6 is 11.6 Å². The number of nitro groups is 1. The van der Waals surface area contributed by atoms with Crippen LogP contribution in [0.2, 0.25) is 5.02 Å². The number of benzene rings is 1. The molecule has 3 rings (SSSR count). The zero-order valence-electron chi connectivity index (χ0n) is 15.3. The molecular formula is C18H23ClN6O2. The van der Waals surface area contributed by atoms with Gasteiger partial charge < -0.3 is 15.1 Å². The second-order valence-corrected chi connectivity index (χ2v) is 6.82. The van der Waals surface area contributed by atoms with E-state index in [-0.39, 0.29) is 11.5 Å². The number of anilines is 3. The number of hydrogen-bond donors (Lipinski definition) is 1. The Labute approximate surface area is 163 Å². The molecule has 0 aliphatic carbocycles. The molecule has 1 N–H and O–H groups in total. The minimum atomic E-state index is -0.396. The maximum absolute atomic E-state index is 11.7. The topological polar surface area (TPSA) is 87.4 Å². The Kier molecular flexibility index (Phi) is 6.28. The fraction of sp³-hybridized carbons (Fsp3) is 0.444. The van der Waals surface area contributed by atoms with Gasteiger partial charge >= 0.3 is 5.69 Å². The molecule has 0 spiro atoms. The second kappa shape index (κ2) is 8.85. The highest BCUT2D eigenvalue weighted by Crippen LogP contribution is 2.32. The van der Waals surface area contributed by atoms with Crippen LogP contribution in [0.15, 0.2) is 30.6 Å². The van der Waals surface area contributed by atoms with E-state index in [1.165, 1.54) is 6.33 Å². The molecule has 2 aromatic rings. The maximum atomic E-state index is 11.7. The SMILES string of the molecule is CCCCNc1ncnc(N2CCN(c3cccc(Cl)c3)CC2)c1[N+](=O)[O-]. The lowest BCUT2D eigenvalue weighted by molar-refractivity contribution is -0.383. The first-order chi connectivity index (χ1) is 13.1. The number of rotatable bonds is 7. The molecule has 27 heavy (non-hydrogen) atoms. The first kappa shape index (κ1) is 19.2. The highest BCUT2D eigenvalue weighted by atomic mass is 35.5. The molecule has 0 saturated carbocycles. The van der Waals surface area contributed by atoms with Crippen LogP contribution in [0.25, 0.3) is 0 Å². The summed E-state index contributed by atoms with van der Waals surface area (Å²) in [6.07, 6.45) is 3.32. The summed E-state index contributed by atoms with van der Waals surface area (Å²) in [4.78, 5) is 23.7. The van der Waals surface area contributed by atoms with Gasteiger partial charge in [-0.05, 0) is 24.6 Å². The largest absolute Gasteiger partial charge is 0.368 e. The number of nitrogens with zero attached hydrogens (tertiary/aromatic N) is 5. The smallest absolute Gasteiger partial charge is 0.353 e. The van der Waals surface area contributed by atoms with E-state index in [1.54, 1.807) is 0 Å². The van der Waals surface area contributed by atoms with Gasteiger partial charge in [-0.1, -0.05) is 31.0 Å². The molecule has 1 aliphatic heterocycles. The Morgan fingerprint density at radius 2 is 1.96 bits per heavy atom. The van der Waals surface area contributed by atoms with Gasteiger partial charge in [0.2, 0.25) is 11.6 Å². The lowest BCUT2D eigenvalue weighted by atomic mass is 10.2. The predicted molar refractivity (Wildman–Crippen MR) is 108 cm³/mol. The van der Waals surface area contributed by atoms with Gasteiger partial charge in [0.15, 0.2) is 0 Å². The van der Waals surface area contributed by atoms with Crippen LogP contribution in [0.4, 0.5) is 23.0 Å². The van der Waals surface area contributed by atoms with E-state index in [1.807, 2.05) is 29.2 Å². The molecule has 0 bridgehead atoms. The Hall–Kier alpha value is -2.61. The van der Waals surface area contributed by atoms with Gasteiger partial charge in [-0.15, -0.1) is 0 Å². The monoisotopic (exact) mass is 390 g/mol. The number of unbranched alkanes of at least 4 members (excludes halogenated alkanes) is 1. The van der Waals surface area contributed by atoms with Crippen molar-refractivity contribution in [3.05, 3.63) is 45.7 Å². The van der Waals surface area contributed by atoms with Crippen molar-refractivity contribution >= 4 is 34.6 Å². The molecule has 2 heterocycles. The van der Waals surface area contributed by atoms with Crippen molar-refractivity contribution in [2.24, 2.45) is 0 Å². The van der Waals surface area contributed by atoms with Gasteiger partial charge in [-0.2, -0.15) is 0 Å². The minimum absolute atomic E-state index is 0.0511. The Balaban J connectivity index is 1.75. The molecule has 0 amide bonds. The summed E-state index contributed by atoms with van der Waals surface area (Å²) in [5, 5.41) is 15.4. The molecule has 9 heteroatoms. The van der Waals surface area contributed by atoms with Crippen molar-refractivity contribution in [1.29, 1.82) is 0 Å². The quantitative estimate of drug-likeness (QED) is 0.439. The number of piperazine rings is 1. The third-order valence-corrected chi connectivity index (χ3v) is 4.80. The molecule has 1 aliphatic rings. The van der Waals surface area contributed by atoms with Crippen LogP contribution in [0.5, 0.6) is 0 Å². The van der Waals surface area contributed by atoms with Crippen molar-refractivity contribution in [3.8, 4) is 0 Å².